The predicted octanol–water partition coefficient (Wildman–Crippen LogP) is 5.49. The minimum Gasteiger partial charge on any atom is -0.364 e. The lowest BCUT2D eigenvalue weighted by Crippen LogP contribution is -2.41. The van der Waals surface area contributed by atoms with Crippen molar-refractivity contribution in [2.24, 2.45) is 5.92 Å². The summed E-state index contributed by atoms with van der Waals surface area (Å²) >= 11 is 6.01. The van der Waals surface area contributed by atoms with Gasteiger partial charge in [0.05, 0.1) is 11.7 Å². The minimum absolute atomic E-state index is 0.0334. The summed E-state index contributed by atoms with van der Waals surface area (Å²) in [7, 11) is 0. The molecule has 5 nitrogen and oxygen atoms in total. The number of benzene rings is 1. The van der Waals surface area contributed by atoms with Crippen molar-refractivity contribution in [3.8, 4) is 0 Å². The van der Waals surface area contributed by atoms with Crippen molar-refractivity contribution < 1.29 is 8.78 Å². The second-order valence-electron chi connectivity index (χ2n) is 8.64. The average molecular weight is 444 g/mol. The predicted molar refractivity (Wildman–Crippen MR) is 119 cm³/mol. The van der Waals surface area contributed by atoms with Gasteiger partial charge in [-0.3, -0.25) is 4.98 Å². The van der Waals surface area contributed by atoms with Gasteiger partial charge in [-0.05, 0) is 56.9 Å². The lowest BCUT2D eigenvalue weighted by Gasteiger charge is -2.39. The van der Waals surface area contributed by atoms with Crippen molar-refractivity contribution in [3.63, 3.8) is 0 Å². The Morgan fingerprint density at radius 2 is 1.87 bits per heavy atom. The van der Waals surface area contributed by atoms with Crippen LogP contribution >= 0.6 is 11.6 Å². The molecule has 31 heavy (non-hydrogen) atoms. The molecule has 1 aliphatic heterocycles. The number of alkyl halides is 1. The maximum atomic E-state index is 15.8. The third kappa shape index (κ3) is 4.03. The molecular formula is C23H24ClF2N5. The van der Waals surface area contributed by atoms with E-state index in [2.05, 4.69) is 15.2 Å². The fraction of sp³-hybridized carbons (Fsp3) is 0.435. The molecule has 2 fully saturated rings. The molecule has 1 saturated carbocycles. The van der Waals surface area contributed by atoms with Crippen molar-refractivity contribution in [3.05, 3.63) is 53.1 Å². The number of rotatable bonds is 5. The Bertz CT molecular complexity index is 1110. The quantitative estimate of drug-likeness (QED) is 0.564. The zero-order chi connectivity index (χ0) is 21.6. The number of piperidine rings is 1. The first kappa shape index (κ1) is 20.4. The maximum absolute atomic E-state index is 15.8. The molecule has 1 atom stereocenters. The highest BCUT2D eigenvalue weighted by Crippen LogP contribution is 2.43. The Kier molecular flexibility index (Phi) is 5.16. The fourth-order valence-corrected chi connectivity index (χ4v) is 4.53. The van der Waals surface area contributed by atoms with Crippen molar-refractivity contribution in [1.82, 2.24) is 15.0 Å². The molecule has 1 N–H and O–H groups in total. The van der Waals surface area contributed by atoms with Gasteiger partial charge in [-0.25, -0.2) is 18.7 Å². The molecule has 1 unspecified atom stereocenters. The van der Waals surface area contributed by atoms with Crippen molar-refractivity contribution >= 4 is 34.3 Å². The largest absolute Gasteiger partial charge is 0.364 e. The first-order valence-corrected chi connectivity index (χ1v) is 11.1. The van der Waals surface area contributed by atoms with Crippen LogP contribution in [-0.4, -0.2) is 34.1 Å². The number of hydrogen-bond acceptors (Lipinski definition) is 5. The first-order valence-electron chi connectivity index (χ1n) is 10.7. The maximum Gasteiger partial charge on any atom is 0.172 e. The molecule has 1 aliphatic carbocycles. The summed E-state index contributed by atoms with van der Waals surface area (Å²) in [6, 6.07) is 6.37. The van der Waals surface area contributed by atoms with Crippen LogP contribution in [-0.2, 0) is 5.67 Å². The SMILES string of the molecule is CC(F)(c1cc(Cl)ccc1F)C1CCN(c2nc3cnccc3nc2NC2CC2)CC1. The molecule has 162 valence electrons. The standard InChI is InChI=1S/C23H24ClF2N5/c1-23(26,17-12-15(24)2-5-18(17)25)14-7-10-31(11-8-14)22-21(28-16-3-4-16)29-19-6-9-27-13-20(19)30-22/h2,5-6,9,12-14,16H,3-4,7-8,10-11H2,1H3,(H,28,29). The number of fused-ring (bicyclic) bond motifs is 1. The summed E-state index contributed by atoms with van der Waals surface area (Å²) in [5.41, 5.74) is -0.234. The number of pyridine rings is 1. The number of nitrogens with zero attached hydrogens (tertiary/aromatic N) is 4. The van der Waals surface area contributed by atoms with Gasteiger partial charge in [0.15, 0.2) is 11.6 Å². The highest BCUT2D eigenvalue weighted by molar-refractivity contribution is 6.30. The second kappa shape index (κ2) is 7.86. The van der Waals surface area contributed by atoms with Crippen LogP contribution < -0.4 is 10.2 Å². The summed E-state index contributed by atoms with van der Waals surface area (Å²) < 4.78 is 30.1. The molecule has 1 aromatic carbocycles. The molecule has 0 amide bonds. The molecular weight excluding hydrogens is 420 g/mol. The van der Waals surface area contributed by atoms with Gasteiger partial charge in [0.2, 0.25) is 0 Å². The molecule has 2 aliphatic rings. The van der Waals surface area contributed by atoms with Gasteiger partial charge in [0.1, 0.15) is 17.0 Å². The zero-order valence-corrected chi connectivity index (χ0v) is 18.0. The molecule has 2 aromatic heterocycles. The van der Waals surface area contributed by atoms with Crippen LogP contribution in [0.3, 0.4) is 0 Å². The third-order valence-corrected chi connectivity index (χ3v) is 6.62. The highest BCUT2D eigenvalue weighted by Gasteiger charge is 2.40. The van der Waals surface area contributed by atoms with Gasteiger partial charge in [0, 0.05) is 41.8 Å². The Labute approximate surface area is 184 Å². The van der Waals surface area contributed by atoms with E-state index < -0.39 is 11.5 Å². The van der Waals surface area contributed by atoms with E-state index in [1.807, 2.05) is 6.07 Å². The van der Waals surface area contributed by atoms with Crippen LogP contribution in [0.15, 0.2) is 36.7 Å². The number of hydrogen-bond donors (Lipinski definition) is 1. The smallest absolute Gasteiger partial charge is 0.172 e. The Morgan fingerprint density at radius 1 is 1.10 bits per heavy atom. The van der Waals surface area contributed by atoms with E-state index in [1.54, 1.807) is 12.4 Å². The number of halogens is 3. The van der Waals surface area contributed by atoms with E-state index in [9.17, 15) is 4.39 Å². The third-order valence-electron chi connectivity index (χ3n) is 6.38. The van der Waals surface area contributed by atoms with E-state index in [0.29, 0.717) is 37.0 Å². The van der Waals surface area contributed by atoms with Gasteiger partial charge in [-0.1, -0.05) is 11.6 Å². The van der Waals surface area contributed by atoms with Crippen molar-refractivity contribution in [2.45, 2.75) is 44.3 Å². The lowest BCUT2D eigenvalue weighted by molar-refractivity contribution is 0.0778. The zero-order valence-electron chi connectivity index (χ0n) is 17.3. The van der Waals surface area contributed by atoms with Gasteiger partial charge in [-0.15, -0.1) is 0 Å². The summed E-state index contributed by atoms with van der Waals surface area (Å²) in [4.78, 5) is 15.9. The second-order valence-corrected chi connectivity index (χ2v) is 9.08. The van der Waals surface area contributed by atoms with E-state index in [-0.39, 0.29) is 11.5 Å². The van der Waals surface area contributed by atoms with E-state index >= 15 is 4.39 Å². The van der Waals surface area contributed by atoms with E-state index in [0.717, 1.165) is 35.5 Å². The van der Waals surface area contributed by atoms with Gasteiger partial charge < -0.3 is 10.2 Å². The molecule has 5 rings (SSSR count). The summed E-state index contributed by atoms with van der Waals surface area (Å²) in [5, 5.41) is 3.82. The van der Waals surface area contributed by atoms with Crippen LogP contribution in [0.4, 0.5) is 20.4 Å². The van der Waals surface area contributed by atoms with Crippen molar-refractivity contribution in [2.75, 3.05) is 23.3 Å². The van der Waals surface area contributed by atoms with Crippen molar-refractivity contribution in [1.29, 1.82) is 0 Å². The topological polar surface area (TPSA) is 53.9 Å². The van der Waals surface area contributed by atoms with Gasteiger partial charge >= 0.3 is 0 Å². The van der Waals surface area contributed by atoms with Crippen LogP contribution in [0.5, 0.6) is 0 Å². The summed E-state index contributed by atoms with van der Waals surface area (Å²) in [6.07, 6.45) is 6.83. The number of nitrogens with one attached hydrogen (secondary N) is 1. The number of anilines is 2. The number of aromatic nitrogens is 3. The Morgan fingerprint density at radius 3 is 2.61 bits per heavy atom. The van der Waals surface area contributed by atoms with Crippen LogP contribution in [0.2, 0.25) is 5.02 Å². The average Bonchev–Trinajstić information content (AvgIpc) is 3.59. The Balaban J connectivity index is 1.39. The van der Waals surface area contributed by atoms with Crippen LogP contribution in [0, 0.1) is 11.7 Å². The molecule has 3 heterocycles. The lowest BCUT2D eigenvalue weighted by atomic mass is 9.78. The molecule has 3 aromatic rings. The monoisotopic (exact) mass is 443 g/mol. The minimum atomic E-state index is -1.80. The molecule has 0 radical (unpaired) electrons. The van der Waals surface area contributed by atoms with Crippen LogP contribution in [0.1, 0.15) is 38.2 Å². The Hall–Kier alpha value is -2.54. The summed E-state index contributed by atoms with van der Waals surface area (Å²) in [5.74, 6) is 0.677. The van der Waals surface area contributed by atoms with Crippen LogP contribution in [0.25, 0.3) is 11.0 Å². The molecule has 1 saturated heterocycles. The highest BCUT2D eigenvalue weighted by atomic mass is 35.5. The fourth-order valence-electron chi connectivity index (χ4n) is 4.36. The molecule has 0 spiro atoms. The van der Waals surface area contributed by atoms with E-state index in [1.165, 1.54) is 25.1 Å². The van der Waals surface area contributed by atoms with Gasteiger partial charge in [-0.2, -0.15) is 0 Å². The first-order chi connectivity index (χ1) is 14.9. The normalized spacial score (nSPS) is 19.4. The van der Waals surface area contributed by atoms with Gasteiger partial charge in [0.25, 0.3) is 0 Å². The summed E-state index contributed by atoms with van der Waals surface area (Å²) in [6.45, 7) is 2.70. The molecule has 0 bridgehead atoms. The van der Waals surface area contributed by atoms with E-state index in [4.69, 9.17) is 21.6 Å². The molecule has 8 heteroatoms.